The van der Waals surface area contributed by atoms with Crippen LogP contribution in [0.25, 0.3) is 0 Å². The van der Waals surface area contributed by atoms with Gasteiger partial charge in [0.1, 0.15) is 0 Å². The van der Waals surface area contributed by atoms with E-state index in [4.69, 9.17) is 11.6 Å². The average Bonchev–Trinajstić information content (AvgIpc) is 2.39. The zero-order valence-corrected chi connectivity index (χ0v) is 14.1. The van der Waals surface area contributed by atoms with Crippen LogP contribution in [0.15, 0.2) is 30.3 Å². The van der Waals surface area contributed by atoms with Crippen LogP contribution in [0.1, 0.15) is 17.0 Å². The first-order valence-corrected chi connectivity index (χ1v) is 8.65. The van der Waals surface area contributed by atoms with Gasteiger partial charge in [-0.3, -0.25) is 5.32 Å². The van der Waals surface area contributed by atoms with Crippen LogP contribution in [0, 0.1) is 13.8 Å². The molecule has 2 amide bonds. The number of rotatable bonds is 4. The lowest BCUT2D eigenvalue weighted by Crippen LogP contribution is -2.35. The summed E-state index contributed by atoms with van der Waals surface area (Å²) in [5, 5.41) is 2.61. The van der Waals surface area contributed by atoms with Crippen LogP contribution < -0.4 is 10.0 Å². The molecule has 7 nitrogen and oxygen atoms in total. The molecule has 1 aromatic heterocycles. The molecule has 23 heavy (non-hydrogen) atoms. The van der Waals surface area contributed by atoms with Crippen molar-refractivity contribution in [1.82, 2.24) is 14.7 Å². The van der Waals surface area contributed by atoms with Gasteiger partial charge in [0.15, 0.2) is 0 Å². The first-order chi connectivity index (χ1) is 10.7. The summed E-state index contributed by atoms with van der Waals surface area (Å²) in [5.74, 6) is -0.374. The number of sulfonamides is 1. The number of nitrogens with zero attached hydrogens (tertiary/aromatic N) is 2. The van der Waals surface area contributed by atoms with Crippen molar-refractivity contribution in [2.45, 2.75) is 19.6 Å². The summed E-state index contributed by atoms with van der Waals surface area (Å²) in [6, 6.07) is 7.32. The Morgan fingerprint density at radius 1 is 1.17 bits per heavy atom. The van der Waals surface area contributed by atoms with E-state index in [1.54, 1.807) is 44.2 Å². The van der Waals surface area contributed by atoms with E-state index < -0.39 is 21.8 Å². The number of aryl methyl sites for hydroxylation is 2. The van der Waals surface area contributed by atoms with E-state index in [9.17, 15) is 13.2 Å². The van der Waals surface area contributed by atoms with Gasteiger partial charge in [0.2, 0.25) is 16.0 Å². The lowest BCUT2D eigenvalue weighted by molar-refractivity contribution is 0.256. The summed E-state index contributed by atoms with van der Waals surface area (Å²) in [5.41, 5.74) is 1.72. The summed E-state index contributed by atoms with van der Waals surface area (Å²) in [4.78, 5) is 19.8. The minimum atomic E-state index is -3.90. The lowest BCUT2D eigenvalue weighted by atomic mass is 10.2. The second kappa shape index (κ2) is 6.93. The highest BCUT2D eigenvalue weighted by Crippen LogP contribution is 2.17. The predicted octanol–water partition coefficient (Wildman–Crippen LogP) is 2.40. The molecule has 0 radical (unpaired) electrons. The highest BCUT2D eigenvalue weighted by atomic mass is 35.5. The second-order valence-corrected chi connectivity index (χ2v) is 7.01. The van der Waals surface area contributed by atoms with Crippen LogP contribution in [0.4, 0.5) is 10.7 Å². The molecule has 0 aliphatic carbocycles. The maximum atomic E-state index is 12.0. The topological polar surface area (TPSA) is 101 Å². The summed E-state index contributed by atoms with van der Waals surface area (Å²) >= 11 is 5.92. The number of carbonyl (C=O) groups excluding carboxylic acids is 1. The maximum Gasteiger partial charge on any atom is 0.335 e. The Kier molecular flexibility index (Phi) is 5.17. The fraction of sp³-hybridized carbons (Fsp3) is 0.214. The summed E-state index contributed by atoms with van der Waals surface area (Å²) in [7, 11) is -3.90. The Hall–Kier alpha value is -2.19. The molecule has 122 valence electrons. The molecule has 0 fully saturated rings. The minimum Gasteiger partial charge on any atom is -0.275 e. The van der Waals surface area contributed by atoms with Crippen molar-refractivity contribution in [2.24, 2.45) is 0 Å². The largest absolute Gasteiger partial charge is 0.335 e. The van der Waals surface area contributed by atoms with Crippen molar-refractivity contribution in [3.05, 3.63) is 52.3 Å². The van der Waals surface area contributed by atoms with Crippen LogP contribution in [0.5, 0.6) is 0 Å². The highest BCUT2D eigenvalue weighted by Gasteiger charge is 2.17. The number of hydrogen-bond acceptors (Lipinski definition) is 5. The van der Waals surface area contributed by atoms with E-state index in [-0.39, 0.29) is 5.95 Å². The number of amides is 2. The third-order valence-corrected chi connectivity index (χ3v) is 4.32. The number of carbonyl (C=O) groups is 1. The smallest absolute Gasteiger partial charge is 0.275 e. The summed E-state index contributed by atoms with van der Waals surface area (Å²) < 4.78 is 25.9. The summed E-state index contributed by atoms with van der Waals surface area (Å²) in [6.45, 7) is 3.48. The van der Waals surface area contributed by atoms with Gasteiger partial charge >= 0.3 is 6.03 Å². The maximum absolute atomic E-state index is 12.0. The van der Waals surface area contributed by atoms with Crippen LogP contribution >= 0.6 is 11.6 Å². The molecular weight excluding hydrogens is 340 g/mol. The van der Waals surface area contributed by atoms with Crippen molar-refractivity contribution in [3.8, 4) is 0 Å². The van der Waals surface area contributed by atoms with Gasteiger partial charge < -0.3 is 0 Å². The van der Waals surface area contributed by atoms with Crippen LogP contribution in [0.2, 0.25) is 5.02 Å². The quantitative estimate of drug-likeness (QED) is 0.877. The predicted molar refractivity (Wildman–Crippen MR) is 87.7 cm³/mol. The molecule has 0 atom stereocenters. The number of anilines is 1. The number of nitrogens with one attached hydrogen (secondary N) is 2. The number of halogens is 1. The fourth-order valence-corrected chi connectivity index (χ4v) is 3.26. The molecule has 0 aliphatic heterocycles. The summed E-state index contributed by atoms with van der Waals surface area (Å²) in [6.07, 6.45) is 0. The molecule has 0 saturated heterocycles. The molecule has 0 unspecified atom stereocenters. The van der Waals surface area contributed by atoms with E-state index in [0.717, 1.165) is 0 Å². The molecule has 9 heteroatoms. The normalized spacial score (nSPS) is 11.1. The Morgan fingerprint density at radius 3 is 2.39 bits per heavy atom. The van der Waals surface area contributed by atoms with Gasteiger partial charge in [0.25, 0.3) is 0 Å². The highest BCUT2D eigenvalue weighted by molar-refractivity contribution is 7.89. The van der Waals surface area contributed by atoms with Gasteiger partial charge in [-0.2, -0.15) is 0 Å². The third-order valence-electron chi connectivity index (χ3n) is 2.76. The van der Waals surface area contributed by atoms with Gasteiger partial charge in [0, 0.05) is 16.4 Å². The Labute approximate surface area is 139 Å². The first-order valence-electron chi connectivity index (χ1n) is 6.62. The van der Waals surface area contributed by atoms with E-state index >= 15 is 0 Å². The number of hydrogen-bond donors (Lipinski definition) is 2. The van der Waals surface area contributed by atoms with Crippen molar-refractivity contribution in [3.63, 3.8) is 0 Å². The monoisotopic (exact) mass is 354 g/mol. The van der Waals surface area contributed by atoms with Crippen LogP contribution in [-0.4, -0.2) is 24.4 Å². The number of urea groups is 1. The molecule has 0 spiro atoms. The number of benzene rings is 1. The molecule has 2 rings (SSSR count). The fourth-order valence-electron chi connectivity index (χ4n) is 1.91. The van der Waals surface area contributed by atoms with Gasteiger partial charge in [-0.15, -0.1) is 0 Å². The molecule has 0 bridgehead atoms. The van der Waals surface area contributed by atoms with Gasteiger partial charge in [-0.1, -0.05) is 29.8 Å². The number of aromatic nitrogens is 2. The molecular formula is C14H15ClN4O3S. The van der Waals surface area contributed by atoms with Gasteiger partial charge in [0.05, 0.1) is 5.75 Å². The van der Waals surface area contributed by atoms with E-state index in [1.165, 1.54) is 0 Å². The Balaban J connectivity index is 2.05. The van der Waals surface area contributed by atoms with E-state index in [0.29, 0.717) is 22.0 Å². The zero-order valence-electron chi connectivity index (χ0n) is 12.5. The molecule has 2 aromatic rings. The Morgan fingerprint density at radius 2 is 1.78 bits per heavy atom. The SMILES string of the molecule is Cc1cc(C)nc(NC(=O)NS(=O)(=O)Cc2ccccc2Cl)n1. The van der Waals surface area contributed by atoms with Gasteiger partial charge in [-0.25, -0.2) is 27.9 Å². The van der Waals surface area contributed by atoms with E-state index in [1.807, 2.05) is 4.72 Å². The standard InChI is InChI=1S/C14H15ClN4O3S/c1-9-7-10(2)17-13(16-9)18-14(20)19-23(21,22)8-11-5-3-4-6-12(11)15/h3-7H,8H2,1-2H3,(H2,16,17,18,19,20). The average molecular weight is 355 g/mol. The van der Waals surface area contributed by atoms with E-state index in [2.05, 4.69) is 15.3 Å². The molecule has 1 heterocycles. The molecule has 0 aliphatic rings. The zero-order chi connectivity index (χ0) is 17.0. The van der Waals surface area contributed by atoms with Crippen LogP contribution in [-0.2, 0) is 15.8 Å². The third kappa shape index (κ3) is 5.19. The molecule has 0 saturated carbocycles. The van der Waals surface area contributed by atoms with Crippen molar-refractivity contribution < 1.29 is 13.2 Å². The lowest BCUT2D eigenvalue weighted by Gasteiger charge is -2.09. The first kappa shape index (κ1) is 17.2. The minimum absolute atomic E-state index is 0.0351. The Bertz CT molecular complexity index is 819. The van der Waals surface area contributed by atoms with Crippen molar-refractivity contribution >= 4 is 33.6 Å². The second-order valence-electron chi connectivity index (χ2n) is 4.88. The van der Waals surface area contributed by atoms with Crippen molar-refractivity contribution in [2.75, 3.05) is 5.32 Å². The van der Waals surface area contributed by atoms with Gasteiger partial charge in [-0.05, 0) is 31.5 Å². The van der Waals surface area contributed by atoms with Crippen LogP contribution in [0.3, 0.4) is 0 Å². The molecule has 1 aromatic carbocycles. The van der Waals surface area contributed by atoms with Crippen molar-refractivity contribution in [1.29, 1.82) is 0 Å². The molecule has 2 N–H and O–H groups in total.